The molecule has 28 heavy (non-hydrogen) atoms. The molecular weight excluding hydrogens is 340 g/mol. The second-order valence-corrected chi connectivity index (χ2v) is 12.0. The molecule has 1 nitrogen and oxygen atoms in total. The van der Waals surface area contributed by atoms with Gasteiger partial charge in [0.25, 0.3) is 0 Å². The van der Waals surface area contributed by atoms with Crippen molar-refractivity contribution in [3.8, 4) is 0 Å². The van der Waals surface area contributed by atoms with Gasteiger partial charge in [-0.25, -0.2) is 0 Å². The van der Waals surface area contributed by atoms with Crippen molar-refractivity contribution in [1.29, 1.82) is 0 Å². The Morgan fingerprint density at radius 2 is 1.75 bits per heavy atom. The first kappa shape index (κ1) is 20.7. The summed E-state index contributed by atoms with van der Waals surface area (Å²) in [5.41, 5.74) is 2.43. The molecule has 0 spiro atoms. The summed E-state index contributed by atoms with van der Waals surface area (Å²) >= 11 is 0. The zero-order chi connectivity index (χ0) is 20.1. The highest BCUT2D eigenvalue weighted by Gasteiger charge is 2.59. The van der Waals surface area contributed by atoms with Crippen molar-refractivity contribution < 1.29 is 4.79 Å². The van der Waals surface area contributed by atoms with Gasteiger partial charge in [-0.05, 0) is 97.4 Å². The van der Waals surface area contributed by atoms with Gasteiger partial charge in [-0.15, -0.1) is 0 Å². The second kappa shape index (κ2) is 7.59. The van der Waals surface area contributed by atoms with Gasteiger partial charge in [-0.2, -0.15) is 0 Å². The fraction of sp³-hybridized carbons (Fsp3) is 0.889. The highest BCUT2D eigenvalue weighted by Crippen LogP contribution is 2.67. The van der Waals surface area contributed by atoms with Gasteiger partial charge in [0.15, 0.2) is 5.78 Å². The summed E-state index contributed by atoms with van der Waals surface area (Å²) in [6, 6.07) is 0. The van der Waals surface area contributed by atoms with Crippen LogP contribution in [-0.4, -0.2) is 5.78 Å². The molecule has 4 rings (SSSR count). The highest BCUT2D eigenvalue weighted by molar-refractivity contribution is 5.91. The Bertz CT molecular complexity index is 630. The maximum atomic E-state index is 12.0. The molecule has 158 valence electrons. The van der Waals surface area contributed by atoms with E-state index in [9.17, 15) is 4.79 Å². The van der Waals surface area contributed by atoms with E-state index in [0.717, 1.165) is 48.3 Å². The Morgan fingerprint density at radius 3 is 2.50 bits per heavy atom. The first-order valence-electron chi connectivity index (χ1n) is 12.5. The Hall–Kier alpha value is -0.590. The van der Waals surface area contributed by atoms with E-state index < -0.39 is 0 Å². The summed E-state index contributed by atoms with van der Waals surface area (Å²) in [4.78, 5) is 12.0. The number of hydrogen-bond donors (Lipinski definition) is 0. The van der Waals surface area contributed by atoms with E-state index in [1.54, 1.807) is 0 Å². The Morgan fingerprint density at radius 1 is 0.964 bits per heavy atom. The maximum absolute atomic E-state index is 12.0. The lowest BCUT2D eigenvalue weighted by atomic mass is 9.46. The SMILES string of the molecule is CC(C)CCC[C@H](C)[C@H]1CC[C@@H]2[C@@H]3CCC4=CC(=O)CC[C@]4(C)[C@@H]3CC[C@@]21C. The monoisotopic (exact) mass is 384 g/mol. The second-order valence-electron chi connectivity index (χ2n) is 12.0. The molecule has 0 radical (unpaired) electrons. The van der Waals surface area contributed by atoms with Crippen molar-refractivity contribution in [2.24, 2.45) is 46.3 Å². The minimum atomic E-state index is 0.332. The van der Waals surface area contributed by atoms with Gasteiger partial charge in [-0.1, -0.05) is 59.5 Å². The van der Waals surface area contributed by atoms with E-state index in [-0.39, 0.29) is 0 Å². The van der Waals surface area contributed by atoms with Crippen molar-refractivity contribution in [3.63, 3.8) is 0 Å². The number of hydrogen-bond acceptors (Lipinski definition) is 1. The topological polar surface area (TPSA) is 17.1 Å². The van der Waals surface area contributed by atoms with E-state index in [4.69, 9.17) is 0 Å². The lowest BCUT2D eigenvalue weighted by molar-refractivity contribution is -0.117. The fourth-order valence-corrected chi connectivity index (χ4v) is 8.58. The van der Waals surface area contributed by atoms with Gasteiger partial charge in [-0.3, -0.25) is 4.79 Å². The lowest BCUT2D eigenvalue weighted by Gasteiger charge is -2.58. The molecule has 0 N–H and O–H groups in total. The predicted octanol–water partition coefficient (Wildman–Crippen LogP) is 7.60. The summed E-state index contributed by atoms with van der Waals surface area (Å²) in [6.45, 7) is 12.5. The third-order valence-electron chi connectivity index (χ3n) is 10.2. The van der Waals surface area contributed by atoms with Crippen LogP contribution in [0.15, 0.2) is 11.6 Å². The average molecular weight is 385 g/mol. The van der Waals surface area contributed by atoms with Crippen molar-refractivity contribution in [2.45, 2.75) is 105 Å². The summed E-state index contributed by atoms with van der Waals surface area (Å²) < 4.78 is 0. The van der Waals surface area contributed by atoms with Crippen LogP contribution in [0.1, 0.15) is 105 Å². The van der Waals surface area contributed by atoms with Crippen LogP contribution in [-0.2, 0) is 4.79 Å². The molecule has 7 atom stereocenters. The summed E-state index contributed by atoms with van der Waals surface area (Å²) in [5.74, 6) is 5.79. The minimum absolute atomic E-state index is 0.332. The average Bonchev–Trinajstić information content (AvgIpc) is 2.99. The molecule has 0 bridgehead atoms. The lowest BCUT2D eigenvalue weighted by Crippen LogP contribution is -2.50. The molecule has 0 aromatic rings. The largest absolute Gasteiger partial charge is 0.295 e. The number of allylic oxidation sites excluding steroid dienone is 1. The molecule has 0 aliphatic heterocycles. The van der Waals surface area contributed by atoms with Crippen molar-refractivity contribution in [3.05, 3.63) is 11.6 Å². The highest BCUT2D eigenvalue weighted by atomic mass is 16.1. The normalized spacial score (nSPS) is 43.9. The van der Waals surface area contributed by atoms with Crippen molar-refractivity contribution >= 4 is 5.78 Å². The van der Waals surface area contributed by atoms with E-state index in [2.05, 4.69) is 40.7 Å². The summed E-state index contributed by atoms with van der Waals surface area (Å²) in [7, 11) is 0. The molecule has 0 aromatic heterocycles. The number of ketones is 1. The van der Waals surface area contributed by atoms with Crippen LogP contribution in [0.2, 0.25) is 0 Å². The summed E-state index contributed by atoms with van der Waals surface area (Å²) in [5, 5.41) is 0. The van der Waals surface area contributed by atoms with Gasteiger partial charge in [0.1, 0.15) is 0 Å². The fourth-order valence-electron chi connectivity index (χ4n) is 8.58. The quantitative estimate of drug-likeness (QED) is 0.477. The van der Waals surface area contributed by atoms with Gasteiger partial charge in [0.05, 0.1) is 0 Å². The number of carbonyl (C=O) groups excluding carboxylic acids is 1. The van der Waals surface area contributed by atoms with Gasteiger partial charge in [0.2, 0.25) is 0 Å². The zero-order valence-corrected chi connectivity index (χ0v) is 19.2. The Balaban J connectivity index is 1.49. The van der Waals surface area contributed by atoms with Crippen LogP contribution in [0.4, 0.5) is 0 Å². The van der Waals surface area contributed by atoms with Crippen molar-refractivity contribution in [1.82, 2.24) is 0 Å². The van der Waals surface area contributed by atoms with Crippen LogP contribution < -0.4 is 0 Å². The molecule has 0 heterocycles. The van der Waals surface area contributed by atoms with Crippen LogP contribution in [0.25, 0.3) is 0 Å². The van der Waals surface area contributed by atoms with E-state index in [1.165, 1.54) is 63.4 Å². The summed E-state index contributed by atoms with van der Waals surface area (Å²) in [6.07, 6.45) is 16.6. The molecular formula is C27H44O. The smallest absolute Gasteiger partial charge is 0.155 e. The standard InChI is InChI=1S/C27H44O/c1-18(2)7-6-8-19(3)23-11-12-24-22-10-9-20-17-21(28)13-15-26(20,4)25(22)14-16-27(23,24)5/h17-19,22-25H,6-16H2,1-5H3/t19-,22-,23+,24+,25+,26-,27+/m0/s1. The molecule has 3 fully saturated rings. The zero-order valence-electron chi connectivity index (χ0n) is 19.2. The van der Waals surface area contributed by atoms with E-state index in [0.29, 0.717) is 16.6 Å². The number of rotatable bonds is 5. The molecule has 0 amide bonds. The molecule has 0 aromatic carbocycles. The van der Waals surface area contributed by atoms with Gasteiger partial charge < -0.3 is 0 Å². The van der Waals surface area contributed by atoms with Crippen LogP contribution in [0, 0.1) is 46.3 Å². The van der Waals surface area contributed by atoms with Crippen LogP contribution in [0.5, 0.6) is 0 Å². The van der Waals surface area contributed by atoms with Crippen molar-refractivity contribution in [2.75, 3.05) is 0 Å². The van der Waals surface area contributed by atoms with E-state index >= 15 is 0 Å². The van der Waals surface area contributed by atoms with Crippen LogP contribution in [0.3, 0.4) is 0 Å². The maximum Gasteiger partial charge on any atom is 0.155 e. The first-order valence-corrected chi connectivity index (χ1v) is 12.5. The number of carbonyl (C=O) groups is 1. The third-order valence-corrected chi connectivity index (χ3v) is 10.2. The molecule has 0 unspecified atom stereocenters. The minimum Gasteiger partial charge on any atom is -0.295 e. The molecule has 3 saturated carbocycles. The third kappa shape index (κ3) is 3.33. The molecule has 1 heteroatoms. The predicted molar refractivity (Wildman–Crippen MR) is 118 cm³/mol. The number of fused-ring (bicyclic) bond motifs is 5. The van der Waals surface area contributed by atoms with E-state index in [1.807, 2.05) is 0 Å². The Labute approximate surface area is 174 Å². The van der Waals surface area contributed by atoms with Gasteiger partial charge in [0, 0.05) is 6.42 Å². The van der Waals surface area contributed by atoms with Gasteiger partial charge >= 0.3 is 0 Å². The molecule has 4 aliphatic rings. The first-order chi connectivity index (χ1) is 13.3. The Kier molecular flexibility index (Phi) is 5.60. The van der Waals surface area contributed by atoms with Crippen LogP contribution >= 0.6 is 0 Å². The molecule has 0 saturated heterocycles. The molecule has 4 aliphatic carbocycles.